The highest BCUT2D eigenvalue weighted by Gasteiger charge is 2.42. The number of aliphatic hydroxyl groups is 1. The summed E-state index contributed by atoms with van der Waals surface area (Å²) >= 11 is 0. The van der Waals surface area contributed by atoms with E-state index in [9.17, 15) is 5.11 Å². The van der Waals surface area contributed by atoms with Crippen LogP contribution in [0, 0.1) is 5.92 Å². The minimum Gasteiger partial charge on any atom is -0.387 e. The summed E-state index contributed by atoms with van der Waals surface area (Å²) in [6.07, 6.45) is 0. The van der Waals surface area contributed by atoms with Crippen LogP contribution in [0.5, 0.6) is 0 Å². The van der Waals surface area contributed by atoms with Crippen LogP contribution in [0.25, 0.3) is 0 Å². The fourth-order valence-electron chi connectivity index (χ4n) is 1.59. The zero-order valence-corrected chi connectivity index (χ0v) is 8.92. The monoisotopic (exact) mass is 187 g/mol. The highest BCUT2D eigenvalue weighted by molar-refractivity contribution is 4.97. The molecule has 0 saturated carbocycles. The van der Waals surface area contributed by atoms with Crippen molar-refractivity contribution in [1.29, 1.82) is 0 Å². The van der Waals surface area contributed by atoms with Crippen LogP contribution in [0.3, 0.4) is 0 Å². The van der Waals surface area contributed by atoms with Gasteiger partial charge in [-0.15, -0.1) is 0 Å². The Bertz CT molecular complexity index is 153. The van der Waals surface area contributed by atoms with Crippen LogP contribution < -0.4 is 0 Å². The van der Waals surface area contributed by atoms with E-state index in [1.54, 1.807) is 0 Å². The van der Waals surface area contributed by atoms with Crippen LogP contribution >= 0.6 is 0 Å². The number of β-amino-alcohol motifs (C(OH)–C–C–N with tert-alkyl or cyclic N) is 1. The van der Waals surface area contributed by atoms with E-state index in [0.29, 0.717) is 5.92 Å². The van der Waals surface area contributed by atoms with Crippen molar-refractivity contribution in [1.82, 2.24) is 4.90 Å². The molecule has 1 fully saturated rings. The largest absolute Gasteiger partial charge is 0.387 e. The number of ether oxygens (including phenoxy) is 1. The molecule has 1 saturated heterocycles. The van der Waals surface area contributed by atoms with Gasteiger partial charge < -0.3 is 9.84 Å². The van der Waals surface area contributed by atoms with Crippen molar-refractivity contribution in [3.05, 3.63) is 0 Å². The Labute approximate surface area is 80.7 Å². The summed E-state index contributed by atoms with van der Waals surface area (Å²) in [5.74, 6) is 0.357. The fourth-order valence-corrected chi connectivity index (χ4v) is 1.59. The smallest absolute Gasteiger partial charge is 0.0922 e. The van der Waals surface area contributed by atoms with Crippen LogP contribution in [0.1, 0.15) is 20.8 Å². The lowest BCUT2D eigenvalue weighted by Gasteiger charge is -2.49. The Morgan fingerprint density at radius 1 is 1.46 bits per heavy atom. The van der Waals surface area contributed by atoms with Gasteiger partial charge in [-0.2, -0.15) is 0 Å². The molecule has 0 aromatic carbocycles. The Morgan fingerprint density at radius 3 is 2.54 bits per heavy atom. The van der Waals surface area contributed by atoms with Gasteiger partial charge in [0, 0.05) is 26.2 Å². The molecule has 0 aromatic rings. The quantitative estimate of drug-likeness (QED) is 0.644. The maximum absolute atomic E-state index is 9.93. The first-order chi connectivity index (χ1) is 6.08. The number of likely N-dealkylation sites (tertiary alicyclic amines) is 1. The lowest BCUT2D eigenvalue weighted by atomic mass is 9.83. The van der Waals surface area contributed by atoms with E-state index in [-0.39, 0.29) is 0 Å². The van der Waals surface area contributed by atoms with Crippen molar-refractivity contribution in [2.75, 3.05) is 32.8 Å². The van der Waals surface area contributed by atoms with Gasteiger partial charge >= 0.3 is 0 Å². The third-order valence-electron chi connectivity index (χ3n) is 2.83. The summed E-state index contributed by atoms with van der Waals surface area (Å²) in [6.45, 7) is 10.3. The minimum absolute atomic E-state index is 0.357. The van der Waals surface area contributed by atoms with Gasteiger partial charge in [0.1, 0.15) is 0 Å². The van der Waals surface area contributed by atoms with Crippen LogP contribution in [-0.4, -0.2) is 48.5 Å². The second-order valence-electron chi connectivity index (χ2n) is 4.17. The molecule has 0 amide bonds. The molecular formula is C10H21NO2. The van der Waals surface area contributed by atoms with E-state index >= 15 is 0 Å². The zero-order valence-electron chi connectivity index (χ0n) is 8.92. The SMILES string of the molecule is CCOCCN1CC(O)(C(C)C)C1. The van der Waals surface area contributed by atoms with E-state index < -0.39 is 5.60 Å². The molecule has 0 bridgehead atoms. The first-order valence-corrected chi connectivity index (χ1v) is 5.11. The summed E-state index contributed by atoms with van der Waals surface area (Å²) in [5.41, 5.74) is -0.438. The number of hydrogen-bond donors (Lipinski definition) is 1. The predicted molar refractivity (Wildman–Crippen MR) is 52.7 cm³/mol. The van der Waals surface area contributed by atoms with Gasteiger partial charge in [0.05, 0.1) is 12.2 Å². The number of rotatable bonds is 5. The zero-order chi connectivity index (χ0) is 9.90. The lowest BCUT2D eigenvalue weighted by molar-refractivity contribution is -0.131. The molecule has 78 valence electrons. The molecule has 13 heavy (non-hydrogen) atoms. The Balaban J connectivity index is 2.10. The van der Waals surface area contributed by atoms with Gasteiger partial charge in [-0.25, -0.2) is 0 Å². The van der Waals surface area contributed by atoms with Crippen molar-refractivity contribution < 1.29 is 9.84 Å². The number of hydrogen-bond acceptors (Lipinski definition) is 3. The molecular weight excluding hydrogens is 166 g/mol. The van der Waals surface area contributed by atoms with Crippen molar-refractivity contribution in [2.24, 2.45) is 5.92 Å². The Kier molecular flexibility index (Phi) is 3.71. The van der Waals surface area contributed by atoms with Crippen molar-refractivity contribution >= 4 is 0 Å². The van der Waals surface area contributed by atoms with E-state index in [4.69, 9.17) is 4.74 Å². The molecule has 1 N–H and O–H groups in total. The molecule has 0 spiro atoms. The van der Waals surface area contributed by atoms with E-state index in [1.807, 2.05) is 6.92 Å². The van der Waals surface area contributed by atoms with Crippen LogP contribution in [0.15, 0.2) is 0 Å². The maximum atomic E-state index is 9.93. The normalized spacial score (nSPS) is 21.9. The molecule has 0 unspecified atom stereocenters. The topological polar surface area (TPSA) is 32.7 Å². The van der Waals surface area contributed by atoms with Crippen molar-refractivity contribution in [2.45, 2.75) is 26.4 Å². The lowest BCUT2D eigenvalue weighted by Crippen LogP contribution is -2.64. The van der Waals surface area contributed by atoms with Gasteiger partial charge in [-0.05, 0) is 12.8 Å². The molecule has 1 heterocycles. The highest BCUT2D eigenvalue weighted by Crippen LogP contribution is 2.27. The second kappa shape index (κ2) is 4.40. The average Bonchev–Trinajstić information content (AvgIpc) is 2.01. The molecule has 0 aliphatic carbocycles. The molecule has 0 atom stereocenters. The van der Waals surface area contributed by atoms with Gasteiger partial charge in [-0.1, -0.05) is 13.8 Å². The van der Waals surface area contributed by atoms with Crippen molar-refractivity contribution in [3.8, 4) is 0 Å². The Morgan fingerprint density at radius 2 is 2.08 bits per heavy atom. The van der Waals surface area contributed by atoms with Crippen LogP contribution in [-0.2, 0) is 4.74 Å². The van der Waals surface area contributed by atoms with Gasteiger partial charge in [0.25, 0.3) is 0 Å². The molecule has 1 aliphatic heterocycles. The predicted octanol–water partition coefficient (Wildman–Crippen LogP) is 0.726. The molecule has 0 radical (unpaired) electrons. The summed E-state index contributed by atoms with van der Waals surface area (Å²) in [7, 11) is 0. The van der Waals surface area contributed by atoms with Gasteiger partial charge in [0.2, 0.25) is 0 Å². The van der Waals surface area contributed by atoms with Crippen molar-refractivity contribution in [3.63, 3.8) is 0 Å². The number of nitrogens with zero attached hydrogens (tertiary/aromatic N) is 1. The van der Waals surface area contributed by atoms with Crippen LogP contribution in [0.4, 0.5) is 0 Å². The fraction of sp³-hybridized carbons (Fsp3) is 1.00. The van der Waals surface area contributed by atoms with Gasteiger partial charge in [-0.3, -0.25) is 4.90 Å². The Hall–Kier alpha value is -0.120. The maximum Gasteiger partial charge on any atom is 0.0922 e. The highest BCUT2D eigenvalue weighted by atomic mass is 16.5. The standard InChI is InChI=1S/C10H21NO2/c1-4-13-6-5-11-7-10(12,8-11)9(2)3/h9,12H,4-8H2,1-3H3. The molecule has 0 aromatic heterocycles. The second-order valence-corrected chi connectivity index (χ2v) is 4.17. The third-order valence-corrected chi connectivity index (χ3v) is 2.83. The third kappa shape index (κ3) is 2.66. The molecule has 3 nitrogen and oxygen atoms in total. The van der Waals surface area contributed by atoms with E-state index in [2.05, 4.69) is 18.7 Å². The van der Waals surface area contributed by atoms with E-state index in [0.717, 1.165) is 32.8 Å². The summed E-state index contributed by atoms with van der Waals surface area (Å²) in [4.78, 5) is 2.23. The van der Waals surface area contributed by atoms with E-state index in [1.165, 1.54) is 0 Å². The summed E-state index contributed by atoms with van der Waals surface area (Å²) in [5, 5.41) is 9.93. The van der Waals surface area contributed by atoms with Crippen LogP contribution in [0.2, 0.25) is 0 Å². The minimum atomic E-state index is -0.438. The summed E-state index contributed by atoms with van der Waals surface area (Å²) in [6, 6.07) is 0. The van der Waals surface area contributed by atoms with Gasteiger partial charge in [0.15, 0.2) is 0 Å². The molecule has 1 rings (SSSR count). The molecule has 3 heteroatoms. The summed E-state index contributed by atoms with van der Waals surface area (Å²) < 4.78 is 5.25. The average molecular weight is 187 g/mol. The first kappa shape index (κ1) is 11.0. The first-order valence-electron chi connectivity index (χ1n) is 5.11. The molecule has 1 aliphatic rings.